The van der Waals surface area contributed by atoms with Gasteiger partial charge in [-0.1, -0.05) is 71.9 Å². The molecule has 5 nitrogen and oxygen atoms in total. The van der Waals surface area contributed by atoms with E-state index in [0.717, 1.165) is 22.4 Å². The Kier molecular flexibility index (Phi) is 6.96. The molecule has 0 aliphatic carbocycles. The van der Waals surface area contributed by atoms with E-state index >= 15 is 0 Å². The molecule has 0 fully saturated rings. The minimum absolute atomic E-state index is 0.0338. The van der Waals surface area contributed by atoms with Gasteiger partial charge < -0.3 is 0 Å². The van der Waals surface area contributed by atoms with Crippen LogP contribution >= 0.6 is 0 Å². The van der Waals surface area contributed by atoms with E-state index in [-0.39, 0.29) is 15.7 Å². The van der Waals surface area contributed by atoms with Gasteiger partial charge in [0.05, 0.1) is 17.1 Å². The molecular formula is C28H36N2O3S. The quantitative estimate of drug-likeness (QED) is 0.418. The molecule has 182 valence electrons. The molecule has 34 heavy (non-hydrogen) atoms. The highest BCUT2D eigenvalue weighted by Gasteiger charge is 2.27. The van der Waals surface area contributed by atoms with Gasteiger partial charge in [0.2, 0.25) is 0 Å². The van der Waals surface area contributed by atoms with Crippen molar-refractivity contribution in [2.45, 2.75) is 77.7 Å². The second kappa shape index (κ2) is 9.14. The number of hydrogen-bond donors (Lipinski definition) is 0. The van der Waals surface area contributed by atoms with E-state index in [1.165, 1.54) is 17.7 Å². The molecule has 1 heterocycles. The normalized spacial score (nSPS) is 12.7. The van der Waals surface area contributed by atoms with Crippen LogP contribution in [0.1, 0.15) is 80.0 Å². The van der Waals surface area contributed by atoms with Crippen LogP contribution in [0.2, 0.25) is 0 Å². The van der Waals surface area contributed by atoms with E-state index in [2.05, 4.69) is 46.8 Å². The number of hydrogen-bond acceptors (Lipinski definition) is 4. The summed E-state index contributed by atoms with van der Waals surface area (Å²) in [6, 6.07) is 14.2. The summed E-state index contributed by atoms with van der Waals surface area (Å²) < 4.78 is 27.4. The average molecular weight is 481 g/mol. The second-order valence-corrected chi connectivity index (χ2v) is 13.1. The van der Waals surface area contributed by atoms with Crippen molar-refractivity contribution in [3.63, 3.8) is 0 Å². The van der Waals surface area contributed by atoms with Crippen molar-refractivity contribution in [2.75, 3.05) is 5.75 Å². The molecule has 1 aromatic heterocycles. The topological polar surface area (TPSA) is 69.0 Å². The van der Waals surface area contributed by atoms with Crippen LogP contribution in [0, 0.1) is 13.8 Å². The monoisotopic (exact) mass is 480 g/mol. The summed E-state index contributed by atoms with van der Waals surface area (Å²) in [5, 5.41) is 4.75. The molecule has 0 unspecified atom stereocenters. The van der Waals surface area contributed by atoms with Gasteiger partial charge in [0.15, 0.2) is 15.6 Å². The van der Waals surface area contributed by atoms with Crippen LogP contribution in [0.5, 0.6) is 0 Å². The van der Waals surface area contributed by atoms with Crippen LogP contribution in [-0.4, -0.2) is 29.7 Å². The van der Waals surface area contributed by atoms with Crippen LogP contribution in [0.3, 0.4) is 0 Å². The highest BCUT2D eigenvalue weighted by Crippen LogP contribution is 2.29. The number of carbonyl (C=O) groups excluding carboxylic acids is 1. The fourth-order valence-electron chi connectivity index (χ4n) is 3.91. The molecule has 2 aromatic carbocycles. The van der Waals surface area contributed by atoms with Crippen molar-refractivity contribution in [1.82, 2.24) is 9.78 Å². The Hall–Kier alpha value is -2.73. The van der Waals surface area contributed by atoms with E-state index in [0.29, 0.717) is 12.2 Å². The minimum atomic E-state index is -3.75. The van der Waals surface area contributed by atoms with E-state index < -0.39 is 21.4 Å². The molecule has 0 saturated heterocycles. The third-order valence-electron chi connectivity index (χ3n) is 6.13. The number of carbonyl (C=O) groups is 1. The lowest BCUT2D eigenvalue weighted by atomic mass is 9.84. The Balaban J connectivity index is 2.03. The number of Topliss-reactive ketones (excluding diaryl/α,β-unsaturated/α-hetero) is 1. The van der Waals surface area contributed by atoms with Crippen molar-refractivity contribution in [2.24, 2.45) is 0 Å². The summed E-state index contributed by atoms with van der Waals surface area (Å²) in [5.41, 5.74) is 5.45. The highest BCUT2D eigenvalue weighted by molar-refractivity contribution is 7.92. The molecule has 0 aliphatic rings. The standard InChI is InChI=1S/C28H36N2O3S/c1-19-14-21(27(3,4)5)15-20(2)23(19)17-30-24(16-26(29-30)28(6,7)8)25(31)18-34(32,33)22-12-10-9-11-13-22/h9-16H,17-18H2,1-8H3. The Morgan fingerprint density at radius 2 is 1.44 bits per heavy atom. The highest BCUT2D eigenvalue weighted by atomic mass is 32.2. The van der Waals surface area contributed by atoms with Crippen molar-refractivity contribution in [3.05, 3.63) is 82.2 Å². The first-order valence-corrected chi connectivity index (χ1v) is 13.2. The first-order valence-electron chi connectivity index (χ1n) is 11.6. The molecule has 0 spiro atoms. The van der Waals surface area contributed by atoms with E-state index in [9.17, 15) is 13.2 Å². The molecule has 0 N–H and O–H groups in total. The molecule has 0 radical (unpaired) electrons. The fraction of sp³-hybridized carbons (Fsp3) is 0.429. The maximum absolute atomic E-state index is 13.3. The van der Waals surface area contributed by atoms with Crippen molar-refractivity contribution in [1.29, 1.82) is 0 Å². The first kappa shape index (κ1) is 25.9. The van der Waals surface area contributed by atoms with Gasteiger partial charge in [0.1, 0.15) is 11.4 Å². The van der Waals surface area contributed by atoms with Crippen LogP contribution in [0.25, 0.3) is 0 Å². The molecule has 3 rings (SSSR count). The van der Waals surface area contributed by atoms with Gasteiger partial charge >= 0.3 is 0 Å². The van der Waals surface area contributed by atoms with E-state index in [1.54, 1.807) is 28.9 Å². The summed E-state index contributed by atoms with van der Waals surface area (Å²) in [5.74, 6) is -1.04. The predicted molar refractivity (Wildman–Crippen MR) is 137 cm³/mol. The average Bonchev–Trinajstić information content (AvgIpc) is 3.15. The van der Waals surface area contributed by atoms with Crippen LogP contribution in [-0.2, 0) is 27.2 Å². The van der Waals surface area contributed by atoms with Gasteiger partial charge in [-0.05, 0) is 59.7 Å². The van der Waals surface area contributed by atoms with Gasteiger partial charge in [0.25, 0.3) is 0 Å². The van der Waals surface area contributed by atoms with Crippen LogP contribution in [0.15, 0.2) is 53.4 Å². The van der Waals surface area contributed by atoms with E-state index in [4.69, 9.17) is 5.10 Å². The minimum Gasteiger partial charge on any atom is -0.291 e. The number of sulfone groups is 1. The lowest BCUT2D eigenvalue weighted by Crippen LogP contribution is -2.21. The maximum atomic E-state index is 13.3. The number of ketones is 1. The molecule has 0 bridgehead atoms. The molecule has 0 saturated carbocycles. The van der Waals surface area contributed by atoms with Gasteiger partial charge in [0, 0.05) is 5.41 Å². The number of rotatable bonds is 6. The summed E-state index contributed by atoms with van der Waals surface area (Å²) in [7, 11) is -3.75. The summed E-state index contributed by atoms with van der Waals surface area (Å²) >= 11 is 0. The maximum Gasteiger partial charge on any atom is 0.196 e. The third-order valence-corrected chi connectivity index (χ3v) is 7.76. The zero-order valence-corrected chi connectivity index (χ0v) is 22.4. The lowest BCUT2D eigenvalue weighted by Gasteiger charge is -2.22. The smallest absolute Gasteiger partial charge is 0.196 e. The predicted octanol–water partition coefficient (Wildman–Crippen LogP) is 5.80. The summed E-state index contributed by atoms with van der Waals surface area (Å²) in [6.45, 7) is 17.2. The van der Waals surface area contributed by atoms with Crippen LogP contribution in [0.4, 0.5) is 0 Å². The third kappa shape index (κ3) is 5.66. The molecule has 0 amide bonds. The van der Waals surface area contributed by atoms with Gasteiger partial charge in [-0.25, -0.2) is 8.42 Å². The first-order chi connectivity index (χ1) is 15.6. The van der Waals surface area contributed by atoms with Gasteiger partial charge in [-0.3, -0.25) is 9.48 Å². The fourth-order valence-corrected chi connectivity index (χ4v) is 5.14. The summed E-state index contributed by atoms with van der Waals surface area (Å²) in [4.78, 5) is 13.4. The SMILES string of the molecule is Cc1cc(C(C)(C)C)cc(C)c1Cn1nc(C(C)(C)C)cc1C(=O)CS(=O)(=O)c1ccccc1. The number of aromatic nitrogens is 2. The Morgan fingerprint density at radius 1 is 0.882 bits per heavy atom. The number of benzene rings is 2. The Labute approximate surface area is 204 Å². The van der Waals surface area contributed by atoms with Gasteiger partial charge in [-0.15, -0.1) is 0 Å². The Bertz CT molecular complexity index is 1280. The molecule has 0 atom stereocenters. The van der Waals surface area contributed by atoms with Gasteiger partial charge in [-0.2, -0.15) is 5.10 Å². The van der Waals surface area contributed by atoms with E-state index in [1.807, 2.05) is 20.8 Å². The summed E-state index contributed by atoms with van der Waals surface area (Å²) in [6.07, 6.45) is 0. The molecule has 0 aliphatic heterocycles. The van der Waals surface area contributed by atoms with Crippen molar-refractivity contribution < 1.29 is 13.2 Å². The van der Waals surface area contributed by atoms with Crippen molar-refractivity contribution >= 4 is 15.6 Å². The lowest BCUT2D eigenvalue weighted by molar-refractivity contribution is 0.101. The zero-order chi connectivity index (χ0) is 25.5. The molecule has 6 heteroatoms. The number of nitrogens with zero attached hydrogens (tertiary/aromatic N) is 2. The second-order valence-electron chi connectivity index (χ2n) is 11.2. The molecular weight excluding hydrogens is 444 g/mol. The Morgan fingerprint density at radius 3 is 1.94 bits per heavy atom. The zero-order valence-electron chi connectivity index (χ0n) is 21.6. The molecule has 3 aromatic rings. The number of aryl methyl sites for hydroxylation is 2. The van der Waals surface area contributed by atoms with Crippen molar-refractivity contribution in [3.8, 4) is 0 Å². The largest absolute Gasteiger partial charge is 0.291 e. The van der Waals surface area contributed by atoms with Crippen LogP contribution < -0.4 is 0 Å².